The van der Waals surface area contributed by atoms with E-state index in [0.717, 1.165) is 6.42 Å². The van der Waals surface area contributed by atoms with E-state index in [-0.39, 0.29) is 5.41 Å². The first kappa shape index (κ1) is 17.5. The smallest absolute Gasteiger partial charge is 0.348 e. The molecular formula is C18H28O3. The Morgan fingerprint density at radius 1 is 1.00 bits per heavy atom. The van der Waals surface area contributed by atoms with Crippen molar-refractivity contribution >= 4 is 5.97 Å². The first-order valence-electron chi connectivity index (χ1n) is 7.45. The normalized spacial score (nSPS) is 15.3. The first-order chi connectivity index (χ1) is 9.48. The molecule has 1 unspecified atom stereocenters. The summed E-state index contributed by atoms with van der Waals surface area (Å²) >= 11 is 0. The summed E-state index contributed by atoms with van der Waals surface area (Å²) in [5, 5.41) is 9.89. The van der Waals surface area contributed by atoms with Crippen molar-refractivity contribution in [2.45, 2.75) is 60.0 Å². The van der Waals surface area contributed by atoms with Crippen LogP contribution in [0.2, 0.25) is 0 Å². The number of aliphatic carboxylic acids is 1. The molecule has 0 aliphatic heterocycles. The molecule has 3 nitrogen and oxygen atoms in total. The van der Waals surface area contributed by atoms with Crippen molar-refractivity contribution in [3.8, 4) is 5.75 Å². The predicted molar refractivity (Wildman–Crippen MR) is 85.6 cm³/mol. The molecule has 0 aliphatic carbocycles. The molecule has 0 saturated heterocycles. The lowest BCUT2D eigenvalue weighted by atomic mass is 9.71. The van der Waals surface area contributed by atoms with Crippen LogP contribution in [0.4, 0.5) is 0 Å². The molecule has 0 saturated carbocycles. The molecule has 0 amide bonds. The molecule has 0 spiro atoms. The van der Waals surface area contributed by atoms with E-state index in [2.05, 4.69) is 20.8 Å². The summed E-state index contributed by atoms with van der Waals surface area (Å²) in [5.74, 6) is -0.299. The van der Waals surface area contributed by atoms with Crippen LogP contribution in [0, 0.1) is 10.8 Å². The third-order valence-electron chi connectivity index (χ3n) is 3.82. The maximum Gasteiger partial charge on any atom is 0.348 e. The van der Waals surface area contributed by atoms with E-state index in [1.54, 1.807) is 12.1 Å². The number of carboxylic acid groups (broad SMARTS) is 1. The standard InChI is InChI=1S/C18H28O3/c1-16(2,3)12-13-18(15(19)20,17(4,5)6)21-14-10-8-7-9-11-14/h7-11H,12-13H2,1-6H3,(H,19,20). The van der Waals surface area contributed by atoms with E-state index in [1.807, 2.05) is 39.0 Å². The molecule has 0 aliphatic rings. The molecule has 0 bridgehead atoms. The minimum absolute atomic E-state index is 0.0615. The van der Waals surface area contributed by atoms with Gasteiger partial charge in [0.15, 0.2) is 0 Å². The third-order valence-corrected chi connectivity index (χ3v) is 3.82. The highest BCUT2D eigenvalue weighted by atomic mass is 16.5. The lowest BCUT2D eigenvalue weighted by Gasteiger charge is -2.42. The zero-order valence-electron chi connectivity index (χ0n) is 14.1. The Morgan fingerprint density at radius 3 is 1.90 bits per heavy atom. The van der Waals surface area contributed by atoms with Crippen LogP contribution in [0.5, 0.6) is 5.75 Å². The van der Waals surface area contributed by atoms with Gasteiger partial charge in [0.05, 0.1) is 0 Å². The van der Waals surface area contributed by atoms with Crippen LogP contribution < -0.4 is 4.74 Å². The maximum atomic E-state index is 12.1. The minimum atomic E-state index is -1.23. The van der Waals surface area contributed by atoms with Crippen LogP contribution in [0.3, 0.4) is 0 Å². The van der Waals surface area contributed by atoms with Gasteiger partial charge in [0.25, 0.3) is 0 Å². The minimum Gasteiger partial charge on any atom is -0.478 e. The second-order valence-corrected chi connectivity index (χ2v) is 7.86. The summed E-state index contributed by atoms with van der Waals surface area (Å²) in [6, 6.07) is 9.21. The van der Waals surface area contributed by atoms with E-state index in [0.29, 0.717) is 12.2 Å². The van der Waals surface area contributed by atoms with Gasteiger partial charge in [0.1, 0.15) is 5.75 Å². The van der Waals surface area contributed by atoms with Crippen molar-refractivity contribution in [1.82, 2.24) is 0 Å². The van der Waals surface area contributed by atoms with E-state index in [4.69, 9.17) is 4.74 Å². The molecule has 0 heterocycles. The molecule has 118 valence electrons. The molecule has 1 aromatic carbocycles. The van der Waals surface area contributed by atoms with Crippen molar-refractivity contribution in [3.63, 3.8) is 0 Å². The number of carboxylic acids is 1. The Bertz CT molecular complexity index is 465. The van der Waals surface area contributed by atoms with Gasteiger partial charge in [-0.05, 0) is 30.4 Å². The lowest BCUT2D eigenvalue weighted by molar-refractivity contribution is -0.168. The van der Waals surface area contributed by atoms with Crippen LogP contribution in [0.1, 0.15) is 54.4 Å². The number of hydrogen-bond acceptors (Lipinski definition) is 2. The topological polar surface area (TPSA) is 46.5 Å². The molecule has 1 N–H and O–H groups in total. The summed E-state index contributed by atoms with van der Waals surface area (Å²) in [6.07, 6.45) is 1.26. The molecule has 21 heavy (non-hydrogen) atoms. The Kier molecular flexibility index (Phi) is 5.08. The molecule has 1 rings (SSSR count). The monoisotopic (exact) mass is 292 g/mol. The van der Waals surface area contributed by atoms with Gasteiger partial charge >= 0.3 is 5.97 Å². The van der Waals surface area contributed by atoms with Gasteiger partial charge < -0.3 is 9.84 Å². The zero-order valence-corrected chi connectivity index (χ0v) is 14.1. The van der Waals surface area contributed by atoms with Crippen LogP contribution in [-0.4, -0.2) is 16.7 Å². The summed E-state index contributed by atoms with van der Waals surface area (Å²) < 4.78 is 6.02. The number of carbonyl (C=O) groups is 1. The third kappa shape index (κ3) is 4.48. The summed E-state index contributed by atoms with van der Waals surface area (Å²) in [4.78, 5) is 12.1. The fourth-order valence-corrected chi connectivity index (χ4v) is 2.29. The van der Waals surface area contributed by atoms with E-state index in [9.17, 15) is 9.90 Å². The van der Waals surface area contributed by atoms with Gasteiger partial charge in [0, 0.05) is 5.41 Å². The highest BCUT2D eigenvalue weighted by Crippen LogP contribution is 2.41. The Morgan fingerprint density at radius 2 is 1.52 bits per heavy atom. The number of hydrogen-bond donors (Lipinski definition) is 1. The fraction of sp³-hybridized carbons (Fsp3) is 0.611. The quantitative estimate of drug-likeness (QED) is 0.851. The fourth-order valence-electron chi connectivity index (χ4n) is 2.29. The van der Waals surface area contributed by atoms with Gasteiger partial charge in [-0.25, -0.2) is 4.79 Å². The van der Waals surface area contributed by atoms with Crippen molar-refractivity contribution in [2.75, 3.05) is 0 Å². The van der Waals surface area contributed by atoms with Crippen molar-refractivity contribution in [2.24, 2.45) is 10.8 Å². The number of para-hydroxylation sites is 1. The van der Waals surface area contributed by atoms with Crippen LogP contribution in [0.15, 0.2) is 30.3 Å². The number of rotatable bonds is 5. The second-order valence-electron chi connectivity index (χ2n) is 7.86. The van der Waals surface area contributed by atoms with E-state index in [1.165, 1.54) is 0 Å². The SMILES string of the molecule is CC(C)(C)CCC(Oc1ccccc1)(C(=O)O)C(C)(C)C. The summed E-state index contributed by atoms with van der Waals surface area (Å²) in [6.45, 7) is 12.1. The Balaban J connectivity index is 3.16. The average Bonchev–Trinajstić information content (AvgIpc) is 2.32. The van der Waals surface area contributed by atoms with Gasteiger partial charge in [-0.3, -0.25) is 0 Å². The predicted octanol–water partition coefficient (Wildman–Crippen LogP) is 4.76. The van der Waals surface area contributed by atoms with E-state index < -0.39 is 17.0 Å². The second kappa shape index (κ2) is 6.08. The van der Waals surface area contributed by atoms with Crippen molar-refractivity contribution < 1.29 is 14.6 Å². The molecule has 0 aromatic heterocycles. The van der Waals surface area contributed by atoms with Crippen LogP contribution >= 0.6 is 0 Å². The highest BCUT2D eigenvalue weighted by molar-refractivity contribution is 5.79. The Labute approximate surface area is 128 Å². The lowest BCUT2D eigenvalue weighted by Crippen LogP contribution is -2.55. The van der Waals surface area contributed by atoms with Crippen LogP contribution in [0.25, 0.3) is 0 Å². The van der Waals surface area contributed by atoms with Crippen molar-refractivity contribution in [1.29, 1.82) is 0 Å². The van der Waals surface area contributed by atoms with Gasteiger partial charge in [-0.15, -0.1) is 0 Å². The zero-order chi connectivity index (χ0) is 16.3. The van der Waals surface area contributed by atoms with Gasteiger partial charge in [0.2, 0.25) is 5.60 Å². The number of benzene rings is 1. The molecular weight excluding hydrogens is 264 g/mol. The molecule has 1 aromatic rings. The Hall–Kier alpha value is -1.51. The number of ether oxygens (including phenoxy) is 1. The van der Waals surface area contributed by atoms with Crippen LogP contribution in [-0.2, 0) is 4.79 Å². The summed E-state index contributed by atoms with van der Waals surface area (Å²) in [5.41, 5.74) is -1.69. The molecule has 0 fully saturated rings. The van der Waals surface area contributed by atoms with E-state index >= 15 is 0 Å². The molecule has 3 heteroatoms. The van der Waals surface area contributed by atoms with Gasteiger partial charge in [-0.2, -0.15) is 0 Å². The molecule has 0 radical (unpaired) electrons. The van der Waals surface area contributed by atoms with Crippen molar-refractivity contribution in [3.05, 3.63) is 30.3 Å². The molecule has 1 atom stereocenters. The van der Waals surface area contributed by atoms with Gasteiger partial charge in [-0.1, -0.05) is 59.7 Å². The maximum absolute atomic E-state index is 12.1. The largest absolute Gasteiger partial charge is 0.478 e. The first-order valence-corrected chi connectivity index (χ1v) is 7.45. The highest BCUT2D eigenvalue weighted by Gasteiger charge is 2.51. The average molecular weight is 292 g/mol. The summed E-state index contributed by atoms with van der Waals surface area (Å²) in [7, 11) is 0.